The summed E-state index contributed by atoms with van der Waals surface area (Å²) in [6.07, 6.45) is -5.56. The predicted molar refractivity (Wildman–Crippen MR) is 269 cm³/mol. The lowest BCUT2D eigenvalue weighted by atomic mass is 9.85. The van der Waals surface area contributed by atoms with Crippen molar-refractivity contribution < 1.29 is 46.6 Å². The molecule has 0 saturated carbocycles. The standard InChI is InChI=1S/C52H59F4N9O7S/c1-27-23-64(24-28(2)63(27)8)44-36(17-33(35-11-9-10-12-39(35)53)18-40(44)61-48(70)37-21-57-42(67)20-38(37)52(54,55)56)47(69)58-22-43(68)62-46(51(5,6)7)50(72)65-25-34(66)19-41(65)49(71)60-29(3)31-13-15-32(16-14-31)45-30(4)59-26-73-45/h9-18,20-21,26-29,34,41,46,66H,19,22-25H2,1-8H3,(H,57,67)(H,58,69)(H,60,71)(H,61,70)(H,62,68)/t27-,28+,29-,34+,41-,46?/m0/s1. The van der Waals surface area contributed by atoms with E-state index in [0.29, 0.717) is 6.20 Å². The van der Waals surface area contributed by atoms with Crippen LogP contribution in [0.4, 0.5) is 28.9 Å². The van der Waals surface area contributed by atoms with Gasteiger partial charge in [-0.3, -0.25) is 33.7 Å². The maximum Gasteiger partial charge on any atom is 0.417 e. The van der Waals surface area contributed by atoms with E-state index in [0.717, 1.165) is 21.7 Å². The van der Waals surface area contributed by atoms with Crippen LogP contribution in [0.2, 0.25) is 0 Å². The van der Waals surface area contributed by atoms with Gasteiger partial charge in [0.05, 0.1) is 62.8 Å². The Bertz CT molecular complexity index is 2940. The van der Waals surface area contributed by atoms with Crippen molar-refractivity contribution in [3.63, 3.8) is 0 Å². The van der Waals surface area contributed by atoms with E-state index >= 15 is 4.39 Å². The Morgan fingerprint density at radius 2 is 1.58 bits per heavy atom. The fourth-order valence-corrected chi connectivity index (χ4v) is 10.1. The first-order chi connectivity index (χ1) is 34.3. The van der Waals surface area contributed by atoms with Crippen molar-refractivity contribution in [1.29, 1.82) is 0 Å². The van der Waals surface area contributed by atoms with Crippen LogP contribution in [-0.2, 0) is 20.6 Å². The molecule has 0 radical (unpaired) electrons. The van der Waals surface area contributed by atoms with Gasteiger partial charge in [0.2, 0.25) is 23.3 Å². The third-order valence-electron chi connectivity index (χ3n) is 13.4. The fourth-order valence-electron chi connectivity index (χ4n) is 9.25. The summed E-state index contributed by atoms with van der Waals surface area (Å²) in [7, 11) is 1.90. The van der Waals surface area contributed by atoms with Gasteiger partial charge in [0.15, 0.2) is 0 Å². The highest BCUT2D eigenvalue weighted by molar-refractivity contribution is 7.13. The number of aromatic nitrogens is 2. The second-order valence-electron chi connectivity index (χ2n) is 19.8. The third kappa shape index (κ3) is 12.1. The average molecular weight is 1030 g/mol. The third-order valence-corrected chi connectivity index (χ3v) is 14.4. The molecule has 3 aromatic carbocycles. The molecule has 0 bridgehead atoms. The number of aromatic amines is 1. The SMILES string of the molecule is Cc1ncsc1-c1ccc([C@H](C)NC(=O)[C@@H]2C[C@@H](O)CN2C(=O)C(NC(=O)CNC(=O)c2cc(-c3ccccc3F)cc(NC(=O)c3c[nH]c(=O)cc3C(F)(F)F)c2N2C[C@@H](C)N(C)[C@@H](C)C2)C(C)(C)C)cc1. The molecule has 7 rings (SSSR count). The molecule has 5 aromatic rings. The first-order valence-corrected chi connectivity index (χ1v) is 24.6. The number of hydrogen-bond donors (Lipinski definition) is 6. The molecule has 1 unspecified atom stereocenters. The van der Waals surface area contributed by atoms with Gasteiger partial charge in [-0.15, -0.1) is 11.3 Å². The van der Waals surface area contributed by atoms with Crippen LogP contribution < -0.4 is 31.7 Å². The molecule has 2 fully saturated rings. The maximum absolute atomic E-state index is 15.5. The van der Waals surface area contributed by atoms with E-state index < -0.39 is 94.4 Å². The van der Waals surface area contributed by atoms with Crippen molar-refractivity contribution in [3.05, 3.63) is 123 Å². The molecule has 2 aromatic heterocycles. The summed E-state index contributed by atoms with van der Waals surface area (Å²) in [6.45, 7) is 12.3. The number of rotatable bonds is 13. The van der Waals surface area contributed by atoms with Gasteiger partial charge in [-0.1, -0.05) is 63.2 Å². The van der Waals surface area contributed by atoms with E-state index in [1.165, 1.54) is 52.6 Å². The second-order valence-corrected chi connectivity index (χ2v) is 20.7. The first-order valence-electron chi connectivity index (χ1n) is 23.7. The van der Waals surface area contributed by atoms with E-state index in [2.05, 4.69) is 36.1 Å². The molecule has 6 N–H and O–H groups in total. The molecule has 2 saturated heterocycles. The van der Waals surface area contributed by atoms with Gasteiger partial charge in [0, 0.05) is 56.0 Å². The van der Waals surface area contributed by atoms with Gasteiger partial charge in [0.1, 0.15) is 17.9 Å². The van der Waals surface area contributed by atoms with Crippen LogP contribution in [0.3, 0.4) is 0 Å². The lowest BCUT2D eigenvalue weighted by Gasteiger charge is -2.44. The number of aryl methyl sites for hydroxylation is 1. The number of anilines is 2. The number of carbonyl (C=O) groups is 5. The lowest BCUT2D eigenvalue weighted by Crippen LogP contribution is -2.58. The monoisotopic (exact) mass is 1030 g/mol. The fraction of sp³-hybridized carbons (Fsp3) is 0.404. The number of piperazine rings is 1. The number of thiazole rings is 1. The number of benzene rings is 3. The molecule has 0 spiro atoms. The van der Waals surface area contributed by atoms with E-state index in [1.54, 1.807) is 38.1 Å². The minimum absolute atomic E-state index is 0.0204. The van der Waals surface area contributed by atoms with Crippen molar-refractivity contribution in [2.45, 2.75) is 97.4 Å². The minimum atomic E-state index is -5.11. The van der Waals surface area contributed by atoms with Crippen molar-refractivity contribution in [2.24, 2.45) is 5.41 Å². The summed E-state index contributed by atoms with van der Waals surface area (Å²) in [5.41, 5.74) is -0.258. The zero-order valence-corrected chi connectivity index (χ0v) is 42.4. The predicted octanol–water partition coefficient (Wildman–Crippen LogP) is 6.51. The summed E-state index contributed by atoms with van der Waals surface area (Å²) in [4.78, 5) is 95.4. The van der Waals surface area contributed by atoms with E-state index in [9.17, 15) is 47.0 Å². The summed E-state index contributed by atoms with van der Waals surface area (Å²) in [6, 6.07) is 13.1. The molecule has 73 heavy (non-hydrogen) atoms. The van der Waals surface area contributed by atoms with Crippen molar-refractivity contribution >= 4 is 52.2 Å². The Morgan fingerprint density at radius 3 is 2.19 bits per heavy atom. The summed E-state index contributed by atoms with van der Waals surface area (Å²) in [5, 5.41) is 21.6. The highest BCUT2D eigenvalue weighted by Gasteiger charge is 2.45. The number of nitrogens with one attached hydrogen (secondary N) is 5. The van der Waals surface area contributed by atoms with Crippen molar-refractivity contribution in [2.75, 3.05) is 43.4 Å². The van der Waals surface area contributed by atoms with Crippen LogP contribution >= 0.6 is 11.3 Å². The first kappa shape index (κ1) is 53.8. The Balaban J connectivity index is 1.15. The number of carbonyl (C=O) groups excluding carboxylic acids is 5. The van der Waals surface area contributed by atoms with Gasteiger partial charge in [-0.05, 0) is 75.0 Å². The largest absolute Gasteiger partial charge is 0.417 e. The number of likely N-dealkylation sites (N-methyl/N-ethyl adjacent to an activating group) is 1. The average Bonchev–Trinajstić information content (AvgIpc) is 3.95. The number of likely N-dealkylation sites (tertiary alicyclic amines) is 1. The number of amides is 5. The summed E-state index contributed by atoms with van der Waals surface area (Å²) < 4.78 is 58.2. The van der Waals surface area contributed by atoms with E-state index in [4.69, 9.17) is 0 Å². The zero-order chi connectivity index (χ0) is 53.3. The highest BCUT2D eigenvalue weighted by atomic mass is 32.1. The van der Waals surface area contributed by atoms with Crippen LogP contribution in [0.15, 0.2) is 83.2 Å². The van der Waals surface area contributed by atoms with Crippen LogP contribution in [0, 0.1) is 18.2 Å². The zero-order valence-electron chi connectivity index (χ0n) is 41.6. The summed E-state index contributed by atoms with van der Waals surface area (Å²) in [5.74, 6) is -4.85. The molecule has 16 nitrogen and oxygen atoms in total. The Kier molecular flexibility index (Phi) is 15.9. The lowest BCUT2D eigenvalue weighted by molar-refractivity contribution is -0.144. The Labute approximate surface area is 423 Å². The molecule has 21 heteroatoms. The highest BCUT2D eigenvalue weighted by Crippen LogP contribution is 2.40. The number of alkyl halides is 3. The molecule has 6 atom stereocenters. The topological polar surface area (TPSA) is 209 Å². The molecule has 2 aliphatic heterocycles. The number of H-pyrrole nitrogens is 1. The summed E-state index contributed by atoms with van der Waals surface area (Å²) >= 11 is 1.52. The number of nitrogens with zero attached hydrogens (tertiary/aromatic N) is 4. The number of hydrogen-bond acceptors (Lipinski definition) is 11. The molecule has 0 aliphatic carbocycles. The van der Waals surface area contributed by atoms with Gasteiger partial charge >= 0.3 is 6.18 Å². The number of pyridine rings is 1. The molecule has 388 valence electrons. The molecule has 5 amide bonds. The number of aliphatic hydroxyl groups excluding tert-OH is 1. The van der Waals surface area contributed by atoms with Gasteiger partial charge in [-0.2, -0.15) is 13.2 Å². The smallest absolute Gasteiger partial charge is 0.391 e. The normalized spacial score (nSPS) is 19.2. The number of aliphatic hydroxyl groups is 1. The molecular formula is C52H59F4N9O7S. The van der Waals surface area contributed by atoms with Gasteiger partial charge in [0.25, 0.3) is 11.8 Å². The molecule has 2 aliphatic rings. The van der Waals surface area contributed by atoms with E-state index in [1.807, 2.05) is 52.1 Å². The van der Waals surface area contributed by atoms with Crippen molar-refractivity contribution in [1.82, 2.24) is 35.7 Å². The van der Waals surface area contributed by atoms with Crippen LogP contribution in [0.25, 0.3) is 21.6 Å². The van der Waals surface area contributed by atoms with Crippen LogP contribution in [0.5, 0.6) is 0 Å². The Hall–Kier alpha value is -6.97. The van der Waals surface area contributed by atoms with Gasteiger partial charge in [-0.25, -0.2) is 9.37 Å². The number of halogens is 4. The van der Waals surface area contributed by atoms with E-state index in [-0.39, 0.29) is 72.3 Å². The second kappa shape index (κ2) is 21.6. The van der Waals surface area contributed by atoms with Crippen molar-refractivity contribution in [3.8, 4) is 21.6 Å². The maximum atomic E-state index is 15.5. The molecule has 4 heterocycles. The number of β-amino-alcohol motifs (C(OH)–C–C–N with tert-alkyl or cyclic N) is 1. The van der Waals surface area contributed by atoms with Gasteiger partial charge < -0.3 is 41.2 Å². The minimum Gasteiger partial charge on any atom is -0.391 e. The quantitative estimate of drug-likeness (QED) is 0.0705. The van der Waals surface area contributed by atoms with Crippen LogP contribution in [-0.4, -0.2) is 118 Å². The molecular weight excluding hydrogens is 971 g/mol. The Morgan fingerprint density at radius 1 is 0.904 bits per heavy atom. The van der Waals surface area contributed by atoms with Crippen LogP contribution in [0.1, 0.15) is 91.5 Å².